The SMILES string of the molecule is COc1ccc(CCc2nc(C3CC(=O)N(c4cccc(F)c4)C3)no2)cc1. The van der Waals surface area contributed by atoms with Crippen LogP contribution < -0.4 is 9.64 Å². The molecule has 0 spiro atoms. The fourth-order valence-corrected chi connectivity index (χ4v) is 3.35. The molecule has 1 aliphatic heterocycles. The van der Waals surface area contributed by atoms with Gasteiger partial charge < -0.3 is 14.2 Å². The minimum atomic E-state index is -0.367. The highest BCUT2D eigenvalue weighted by molar-refractivity contribution is 5.96. The monoisotopic (exact) mass is 381 g/mol. The van der Waals surface area contributed by atoms with Crippen molar-refractivity contribution < 1.29 is 18.4 Å². The lowest BCUT2D eigenvalue weighted by Gasteiger charge is -2.15. The number of rotatable bonds is 6. The average Bonchev–Trinajstić information content (AvgIpc) is 3.33. The van der Waals surface area contributed by atoms with Crippen LogP contribution >= 0.6 is 0 Å². The van der Waals surface area contributed by atoms with Crippen molar-refractivity contribution in [2.45, 2.75) is 25.2 Å². The Morgan fingerprint density at radius 1 is 1.21 bits per heavy atom. The van der Waals surface area contributed by atoms with Crippen molar-refractivity contribution in [1.29, 1.82) is 0 Å². The number of aryl methyl sites for hydroxylation is 2. The molecule has 4 rings (SSSR count). The molecule has 7 heteroatoms. The quantitative estimate of drug-likeness (QED) is 0.653. The Balaban J connectivity index is 1.39. The second kappa shape index (κ2) is 7.80. The van der Waals surface area contributed by atoms with E-state index in [-0.39, 0.29) is 24.1 Å². The fourth-order valence-electron chi connectivity index (χ4n) is 3.35. The Morgan fingerprint density at radius 2 is 2.04 bits per heavy atom. The number of halogens is 1. The van der Waals surface area contributed by atoms with E-state index in [9.17, 15) is 9.18 Å². The van der Waals surface area contributed by atoms with Crippen LogP contribution in [-0.2, 0) is 17.6 Å². The van der Waals surface area contributed by atoms with Crippen LogP contribution in [-0.4, -0.2) is 29.7 Å². The van der Waals surface area contributed by atoms with Crippen LogP contribution in [0, 0.1) is 5.82 Å². The molecule has 0 bridgehead atoms. The molecule has 3 aromatic rings. The van der Waals surface area contributed by atoms with Gasteiger partial charge in [-0.25, -0.2) is 4.39 Å². The highest BCUT2D eigenvalue weighted by Gasteiger charge is 2.34. The second-order valence-corrected chi connectivity index (χ2v) is 6.78. The molecule has 0 aliphatic carbocycles. The highest BCUT2D eigenvalue weighted by atomic mass is 19.1. The van der Waals surface area contributed by atoms with Crippen LogP contribution in [0.1, 0.15) is 29.6 Å². The van der Waals surface area contributed by atoms with Crippen molar-refractivity contribution in [2.75, 3.05) is 18.6 Å². The van der Waals surface area contributed by atoms with Gasteiger partial charge in [0.05, 0.1) is 7.11 Å². The van der Waals surface area contributed by atoms with Gasteiger partial charge in [0.15, 0.2) is 5.82 Å². The lowest BCUT2D eigenvalue weighted by molar-refractivity contribution is -0.117. The van der Waals surface area contributed by atoms with E-state index < -0.39 is 0 Å². The summed E-state index contributed by atoms with van der Waals surface area (Å²) in [6.45, 7) is 0.416. The lowest BCUT2D eigenvalue weighted by Crippen LogP contribution is -2.24. The third-order valence-corrected chi connectivity index (χ3v) is 4.88. The van der Waals surface area contributed by atoms with Crippen LogP contribution in [0.15, 0.2) is 53.1 Å². The molecule has 1 aromatic heterocycles. The van der Waals surface area contributed by atoms with Gasteiger partial charge in [-0.3, -0.25) is 4.79 Å². The Kier molecular flexibility index (Phi) is 5.06. The number of carbonyl (C=O) groups excluding carboxylic acids is 1. The highest BCUT2D eigenvalue weighted by Crippen LogP contribution is 2.30. The van der Waals surface area contributed by atoms with Crippen LogP contribution in [0.4, 0.5) is 10.1 Å². The van der Waals surface area contributed by atoms with Crippen molar-refractivity contribution in [3.8, 4) is 5.75 Å². The zero-order valence-corrected chi connectivity index (χ0v) is 15.5. The molecule has 6 nitrogen and oxygen atoms in total. The van der Waals surface area contributed by atoms with Crippen molar-refractivity contribution >= 4 is 11.6 Å². The van der Waals surface area contributed by atoms with Gasteiger partial charge in [-0.1, -0.05) is 23.4 Å². The van der Waals surface area contributed by atoms with E-state index in [1.54, 1.807) is 24.1 Å². The Hall–Kier alpha value is -3.22. The third kappa shape index (κ3) is 3.88. The molecule has 2 aromatic carbocycles. The van der Waals surface area contributed by atoms with Gasteiger partial charge in [-0.05, 0) is 42.3 Å². The van der Waals surface area contributed by atoms with Gasteiger partial charge in [0.1, 0.15) is 11.6 Å². The molecule has 28 heavy (non-hydrogen) atoms. The minimum Gasteiger partial charge on any atom is -0.497 e. The summed E-state index contributed by atoms with van der Waals surface area (Å²) in [5.41, 5.74) is 1.70. The number of carbonyl (C=O) groups is 1. The molecule has 2 heterocycles. The van der Waals surface area contributed by atoms with E-state index in [4.69, 9.17) is 9.26 Å². The maximum Gasteiger partial charge on any atom is 0.227 e. The summed E-state index contributed by atoms with van der Waals surface area (Å²) in [6.07, 6.45) is 1.67. The molecule has 0 radical (unpaired) electrons. The van der Waals surface area contributed by atoms with E-state index in [0.717, 1.165) is 17.7 Å². The number of methoxy groups -OCH3 is 1. The van der Waals surface area contributed by atoms with Crippen molar-refractivity contribution in [2.24, 2.45) is 0 Å². The van der Waals surface area contributed by atoms with Crippen LogP contribution in [0.2, 0.25) is 0 Å². The molecule has 1 amide bonds. The van der Waals surface area contributed by atoms with E-state index in [1.807, 2.05) is 24.3 Å². The Bertz CT molecular complexity index is 971. The lowest BCUT2D eigenvalue weighted by atomic mass is 10.1. The molecule has 1 atom stereocenters. The van der Waals surface area contributed by atoms with Gasteiger partial charge >= 0.3 is 0 Å². The molecule has 1 fully saturated rings. The van der Waals surface area contributed by atoms with E-state index >= 15 is 0 Å². The summed E-state index contributed by atoms with van der Waals surface area (Å²) in [7, 11) is 1.64. The molecular formula is C21H20FN3O3. The maximum atomic E-state index is 13.5. The number of nitrogens with zero attached hydrogens (tertiary/aromatic N) is 3. The van der Waals surface area contributed by atoms with E-state index in [2.05, 4.69) is 10.1 Å². The normalized spacial score (nSPS) is 16.6. The maximum absolute atomic E-state index is 13.5. The van der Waals surface area contributed by atoms with Gasteiger partial charge in [0.25, 0.3) is 0 Å². The Morgan fingerprint density at radius 3 is 2.79 bits per heavy atom. The number of amides is 1. The number of ether oxygens (including phenoxy) is 1. The molecule has 0 N–H and O–H groups in total. The minimum absolute atomic E-state index is 0.0693. The predicted octanol–water partition coefficient (Wildman–Crippen LogP) is 3.52. The predicted molar refractivity (Wildman–Crippen MR) is 101 cm³/mol. The van der Waals surface area contributed by atoms with Crippen LogP contribution in [0.25, 0.3) is 0 Å². The Labute approximate surface area is 161 Å². The number of benzene rings is 2. The summed E-state index contributed by atoms with van der Waals surface area (Å²) in [5, 5.41) is 4.06. The van der Waals surface area contributed by atoms with Crippen molar-refractivity contribution in [3.05, 3.63) is 71.6 Å². The molecule has 1 unspecified atom stereocenters. The van der Waals surface area contributed by atoms with E-state index in [0.29, 0.717) is 30.4 Å². The van der Waals surface area contributed by atoms with Gasteiger partial charge in [-0.15, -0.1) is 0 Å². The standard InChI is InChI=1S/C21H20FN3O3/c1-27-18-8-5-14(6-9-18)7-10-19-23-21(24-28-19)15-11-20(26)25(13-15)17-4-2-3-16(22)12-17/h2-6,8-9,12,15H,7,10-11,13H2,1H3. The first-order valence-corrected chi connectivity index (χ1v) is 9.14. The van der Waals surface area contributed by atoms with Gasteiger partial charge in [-0.2, -0.15) is 4.98 Å². The smallest absolute Gasteiger partial charge is 0.227 e. The molecule has 0 saturated carbocycles. The molecule has 144 valence electrons. The van der Waals surface area contributed by atoms with Gasteiger partial charge in [0, 0.05) is 31.0 Å². The first-order chi connectivity index (χ1) is 13.6. The van der Waals surface area contributed by atoms with Crippen LogP contribution in [0.5, 0.6) is 5.75 Å². The van der Waals surface area contributed by atoms with Gasteiger partial charge in [0.2, 0.25) is 11.8 Å². The largest absolute Gasteiger partial charge is 0.497 e. The summed E-state index contributed by atoms with van der Waals surface area (Å²) >= 11 is 0. The van der Waals surface area contributed by atoms with Crippen molar-refractivity contribution in [3.63, 3.8) is 0 Å². The molecule has 1 aliphatic rings. The second-order valence-electron chi connectivity index (χ2n) is 6.78. The number of aromatic nitrogens is 2. The van der Waals surface area contributed by atoms with Crippen LogP contribution in [0.3, 0.4) is 0 Å². The zero-order valence-electron chi connectivity index (χ0n) is 15.5. The summed E-state index contributed by atoms with van der Waals surface area (Å²) < 4.78 is 24.0. The van der Waals surface area contributed by atoms with E-state index in [1.165, 1.54) is 12.1 Å². The van der Waals surface area contributed by atoms with Crippen molar-refractivity contribution in [1.82, 2.24) is 10.1 Å². The first-order valence-electron chi connectivity index (χ1n) is 9.14. The summed E-state index contributed by atoms with van der Waals surface area (Å²) in [5.74, 6) is 1.29. The molecule has 1 saturated heterocycles. The topological polar surface area (TPSA) is 68.5 Å². The number of hydrogen-bond acceptors (Lipinski definition) is 5. The fraction of sp³-hybridized carbons (Fsp3) is 0.286. The third-order valence-electron chi connectivity index (χ3n) is 4.88. The average molecular weight is 381 g/mol. The number of hydrogen-bond donors (Lipinski definition) is 0. The summed E-state index contributed by atoms with van der Waals surface area (Å²) in [6, 6.07) is 13.9. The molecular weight excluding hydrogens is 361 g/mol. The zero-order chi connectivity index (χ0) is 19.5. The number of anilines is 1. The summed E-state index contributed by atoms with van der Waals surface area (Å²) in [4.78, 5) is 18.4. The first kappa shape index (κ1) is 18.2.